The minimum absolute atomic E-state index is 0.118. The number of hydrogen-bond donors (Lipinski definition) is 1. The van der Waals surface area contributed by atoms with E-state index in [1.807, 2.05) is 6.92 Å². The van der Waals surface area contributed by atoms with E-state index in [1.54, 1.807) is 13.1 Å². The molecular formula is C15H27N3Si. The highest BCUT2D eigenvalue weighted by Gasteiger charge is 2.15. The molecule has 0 radical (unpaired) electrons. The van der Waals surface area contributed by atoms with E-state index < -0.39 is 8.07 Å². The van der Waals surface area contributed by atoms with Gasteiger partial charge in [-0.25, -0.2) is 0 Å². The van der Waals surface area contributed by atoms with Gasteiger partial charge in [0.15, 0.2) is 0 Å². The van der Waals surface area contributed by atoms with Crippen molar-refractivity contribution in [1.82, 2.24) is 15.4 Å². The Morgan fingerprint density at radius 3 is 1.79 bits per heavy atom. The molecule has 0 bridgehead atoms. The van der Waals surface area contributed by atoms with E-state index in [1.165, 1.54) is 0 Å². The summed E-state index contributed by atoms with van der Waals surface area (Å²) in [6, 6.07) is 0. The molecule has 0 spiro atoms. The topological polar surface area (TPSA) is 41.6 Å². The first-order valence-electron chi connectivity index (χ1n) is 6.26. The molecular weight excluding hydrogens is 250 g/mol. The number of hydrogen-bond acceptors (Lipinski definition) is 2. The number of rotatable bonds is 0. The van der Waals surface area contributed by atoms with Gasteiger partial charge < -0.3 is 0 Å². The van der Waals surface area contributed by atoms with Crippen LogP contribution in [0.2, 0.25) is 19.6 Å². The molecule has 0 fully saturated rings. The molecule has 4 heteroatoms. The SMILES string of the molecule is C#CC.CC#C[Si](C)(C)C.CC(C)(C)c1cn[nH]n1. The van der Waals surface area contributed by atoms with Gasteiger partial charge >= 0.3 is 0 Å². The third-order valence-corrected chi connectivity index (χ3v) is 2.68. The maximum absolute atomic E-state index is 4.60. The van der Waals surface area contributed by atoms with Crippen LogP contribution in [0.3, 0.4) is 0 Å². The number of H-pyrrole nitrogens is 1. The first-order chi connectivity index (χ1) is 8.58. The number of aromatic nitrogens is 3. The van der Waals surface area contributed by atoms with Crippen LogP contribution >= 0.6 is 0 Å². The number of nitrogens with one attached hydrogen (secondary N) is 1. The second-order valence-electron chi connectivity index (χ2n) is 6.02. The van der Waals surface area contributed by atoms with Crippen LogP contribution in [0.5, 0.6) is 0 Å². The maximum atomic E-state index is 4.60. The summed E-state index contributed by atoms with van der Waals surface area (Å²) < 4.78 is 0. The highest BCUT2D eigenvalue weighted by Crippen LogP contribution is 2.17. The minimum Gasteiger partial charge on any atom is -0.198 e. The molecule has 19 heavy (non-hydrogen) atoms. The number of aromatic amines is 1. The normalized spacial score (nSPS) is 9.63. The number of nitrogens with zero attached hydrogens (tertiary/aromatic N) is 2. The molecule has 1 aromatic heterocycles. The fraction of sp³-hybridized carbons (Fsp3) is 0.600. The molecule has 0 aliphatic carbocycles. The Bertz CT molecular complexity index is 417. The van der Waals surface area contributed by atoms with Gasteiger partial charge in [0.25, 0.3) is 0 Å². The van der Waals surface area contributed by atoms with Crippen molar-refractivity contribution < 1.29 is 0 Å². The second kappa shape index (κ2) is 9.41. The predicted octanol–water partition coefficient (Wildman–Crippen LogP) is 3.63. The molecule has 0 aliphatic heterocycles. The Balaban J connectivity index is 0. The molecule has 0 amide bonds. The molecule has 106 valence electrons. The monoisotopic (exact) mass is 277 g/mol. The van der Waals surface area contributed by atoms with E-state index in [4.69, 9.17) is 0 Å². The molecule has 0 aromatic carbocycles. The maximum Gasteiger partial charge on any atom is 0.129 e. The van der Waals surface area contributed by atoms with Gasteiger partial charge in [-0.3, -0.25) is 0 Å². The molecule has 1 N–H and O–H groups in total. The molecule has 1 heterocycles. The van der Waals surface area contributed by atoms with E-state index in [9.17, 15) is 0 Å². The summed E-state index contributed by atoms with van der Waals surface area (Å²) >= 11 is 0. The van der Waals surface area contributed by atoms with Crippen molar-refractivity contribution in [1.29, 1.82) is 0 Å². The first-order valence-corrected chi connectivity index (χ1v) is 9.76. The van der Waals surface area contributed by atoms with Gasteiger partial charge in [-0.1, -0.05) is 40.4 Å². The van der Waals surface area contributed by atoms with Crippen molar-refractivity contribution in [2.24, 2.45) is 0 Å². The van der Waals surface area contributed by atoms with E-state index in [-0.39, 0.29) is 5.41 Å². The van der Waals surface area contributed by atoms with Crippen molar-refractivity contribution in [2.75, 3.05) is 0 Å². The summed E-state index contributed by atoms with van der Waals surface area (Å²) in [5, 5.41) is 10.2. The Morgan fingerprint density at radius 2 is 1.68 bits per heavy atom. The summed E-state index contributed by atoms with van der Waals surface area (Å²) in [6.45, 7) is 16.6. The zero-order valence-electron chi connectivity index (χ0n) is 13.5. The smallest absolute Gasteiger partial charge is 0.129 e. The molecule has 0 saturated heterocycles. The van der Waals surface area contributed by atoms with Crippen molar-refractivity contribution in [2.45, 2.75) is 59.7 Å². The van der Waals surface area contributed by atoms with Crippen molar-refractivity contribution in [3.05, 3.63) is 11.9 Å². The van der Waals surface area contributed by atoms with Crippen molar-refractivity contribution in [3.63, 3.8) is 0 Å². The van der Waals surface area contributed by atoms with Crippen LogP contribution in [0.25, 0.3) is 0 Å². The van der Waals surface area contributed by atoms with Gasteiger partial charge in [0.2, 0.25) is 0 Å². The van der Waals surface area contributed by atoms with Crippen LogP contribution in [0.15, 0.2) is 6.20 Å². The second-order valence-corrected chi connectivity index (χ2v) is 10.8. The van der Waals surface area contributed by atoms with Gasteiger partial charge in [0, 0.05) is 5.41 Å². The summed E-state index contributed by atoms with van der Waals surface area (Å²) in [4.78, 5) is 0. The van der Waals surface area contributed by atoms with Crippen LogP contribution in [0.1, 0.15) is 40.3 Å². The summed E-state index contributed by atoms with van der Waals surface area (Å²) in [5.41, 5.74) is 4.29. The van der Waals surface area contributed by atoms with Gasteiger partial charge in [0.05, 0.1) is 11.9 Å². The molecule has 3 nitrogen and oxygen atoms in total. The average molecular weight is 277 g/mol. The highest BCUT2D eigenvalue weighted by atomic mass is 28.3. The predicted molar refractivity (Wildman–Crippen MR) is 86.4 cm³/mol. The largest absolute Gasteiger partial charge is 0.198 e. The summed E-state index contributed by atoms with van der Waals surface area (Å²) in [7, 11) is -1.02. The third kappa shape index (κ3) is 14.4. The minimum atomic E-state index is -1.02. The third-order valence-electron chi connectivity index (χ3n) is 1.68. The Hall–Kier alpha value is -1.52. The van der Waals surface area contributed by atoms with Crippen LogP contribution in [0.4, 0.5) is 0 Å². The Morgan fingerprint density at radius 1 is 1.21 bits per heavy atom. The van der Waals surface area contributed by atoms with Gasteiger partial charge in [-0.15, -0.1) is 23.8 Å². The molecule has 0 saturated carbocycles. The lowest BCUT2D eigenvalue weighted by atomic mass is 9.93. The Kier molecular flexibility index (Phi) is 9.81. The van der Waals surface area contributed by atoms with Gasteiger partial charge in [0.1, 0.15) is 8.07 Å². The standard InChI is InChI=1S/C6H11N3.C6H12Si.C3H4/c1-6(2,3)5-4-7-9-8-5;1-5-6-7(2,3)4;1-3-2/h4H,1-3H3,(H,7,8,9);1-4H3;1H,2H3. The van der Waals surface area contributed by atoms with Crippen LogP contribution in [-0.4, -0.2) is 23.5 Å². The zero-order chi connectivity index (χ0) is 15.5. The van der Waals surface area contributed by atoms with Crippen LogP contribution in [-0.2, 0) is 5.41 Å². The molecule has 1 rings (SSSR count). The van der Waals surface area contributed by atoms with Crippen LogP contribution in [0, 0.1) is 23.8 Å². The fourth-order valence-corrected chi connectivity index (χ4v) is 1.69. The lowest BCUT2D eigenvalue weighted by molar-refractivity contribution is 0.567. The molecule has 0 aliphatic rings. The molecule has 1 aromatic rings. The van der Waals surface area contributed by atoms with Crippen molar-refractivity contribution in [3.8, 4) is 23.8 Å². The molecule has 0 atom stereocenters. The van der Waals surface area contributed by atoms with Crippen LogP contribution < -0.4 is 0 Å². The highest BCUT2D eigenvalue weighted by molar-refractivity contribution is 6.83. The number of terminal acetylenes is 1. The average Bonchev–Trinajstić information content (AvgIpc) is 2.69. The first kappa shape index (κ1) is 19.8. The lowest BCUT2D eigenvalue weighted by Gasteiger charge is -2.12. The quantitative estimate of drug-likeness (QED) is 0.581. The van der Waals surface area contributed by atoms with Gasteiger partial charge in [-0.05, 0) is 13.8 Å². The summed E-state index contributed by atoms with van der Waals surface area (Å²) in [5.74, 6) is 5.17. The fourth-order valence-electron chi connectivity index (χ4n) is 0.938. The van der Waals surface area contributed by atoms with E-state index in [0.717, 1.165) is 5.69 Å². The van der Waals surface area contributed by atoms with E-state index in [0.29, 0.717) is 0 Å². The van der Waals surface area contributed by atoms with Gasteiger partial charge in [-0.2, -0.15) is 15.4 Å². The van der Waals surface area contributed by atoms with E-state index >= 15 is 0 Å². The summed E-state index contributed by atoms with van der Waals surface area (Å²) in [6.07, 6.45) is 6.35. The lowest BCUT2D eigenvalue weighted by Crippen LogP contribution is -2.15. The van der Waals surface area contributed by atoms with E-state index in [2.05, 4.69) is 79.6 Å². The molecule has 0 unspecified atom stereocenters. The van der Waals surface area contributed by atoms with Crippen molar-refractivity contribution >= 4 is 8.07 Å². The Labute approximate surface area is 119 Å². The zero-order valence-corrected chi connectivity index (χ0v) is 14.5.